The van der Waals surface area contributed by atoms with E-state index in [1.165, 1.54) is 0 Å². The number of nitrogen functional groups attached to an aromatic ring is 1. The van der Waals surface area contributed by atoms with Gasteiger partial charge in [-0.3, -0.25) is 9.79 Å². The van der Waals surface area contributed by atoms with E-state index in [0.717, 1.165) is 33.2 Å². The third-order valence-electron chi connectivity index (χ3n) is 5.38. The number of carbonyl (C=O) groups excluding carboxylic acids is 1. The van der Waals surface area contributed by atoms with Crippen molar-refractivity contribution in [2.24, 2.45) is 10.7 Å². The van der Waals surface area contributed by atoms with E-state index in [9.17, 15) is 4.79 Å². The number of hydrogen-bond acceptors (Lipinski definition) is 4. The Morgan fingerprint density at radius 1 is 1.00 bits per heavy atom. The number of aryl methyl sites for hydroxylation is 2. The lowest BCUT2D eigenvalue weighted by Gasteiger charge is -2.05. The van der Waals surface area contributed by atoms with Crippen molar-refractivity contribution >= 4 is 28.3 Å². The summed E-state index contributed by atoms with van der Waals surface area (Å²) < 4.78 is 5.96. The monoisotopic (exact) mass is 411 g/mol. The predicted octanol–water partition coefficient (Wildman–Crippen LogP) is 5.26. The molecule has 0 fully saturated rings. The van der Waals surface area contributed by atoms with Gasteiger partial charge in [0.15, 0.2) is 5.76 Å². The third kappa shape index (κ3) is 3.82. The number of hydrogen-bond donors (Lipinski definition) is 2. The van der Waals surface area contributed by atoms with Crippen LogP contribution in [0.1, 0.15) is 39.7 Å². The van der Waals surface area contributed by atoms with Crippen LogP contribution in [0.15, 0.2) is 70.1 Å². The maximum absolute atomic E-state index is 13.1. The average Bonchev–Trinajstić information content (AvgIpc) is 3.09. The van der Waals surface area contributed by atoms with Crippen molar-refractivity contribution in [3.8, 4) is 11.1 Å². The van der Waals surface area contributed by atoms with Crippen LogP contribution in [-0.2, 0) is 0 Å². The Morgan fingerprint density at radius 3 is 2.52 bits per heavy atom. The molecule has 0 spiro atoms. The van der Waals surface area contributed by atoms with Crippen molar-refractivity contribution in [2.75, 3.05) is 12.3 Å². The highest BCUT2D eigenvalue weighted by Crippen LogP contribution is 2.34. The van der Waals surface area contributed by atoms with Gasteiger partial charge in [0.1, 0.15) is 11.4 Å². The molecule has 4 N–H and O–H groups in total. The standard InChI is InChI=1S/C26H25N3O2/c1-4-29-26(28)19-7-5-6-17(13-19)18-9-11-21-22(14-18)31-25(23(21)27)24(30)20-10-8-15(2)12-16(20)3/h5-14H,4,27H2,1-3H3,(H2,28,29). The summed E-state index contributed by atoms with van der Waals surface area (Å²) in [6, 6.07) is 19.3. The Labute approximate surface area is 181 Å². The molecule has 0 atom stereocenters. The Hall–Kier alpha value is -3.86. The number of nitrogens with two attached hydrogens (primary N) is 2. The molecule has 0 amide bonds. The summed E-state index contributed by atoms with van der Waals surface area (Å²) in [5, 5.41) is 0.722. The van der Waals surface area contributed by atoms with Gasteiger partial charge in [0, 0.05) is 23.1 Å². The molecule has 1 heterocycles. The molecule has 0 radical (unpaired) electrons. The van der Waals surface area contributed by atoms with Crippen LogP contribution in [0.5, 0.6) is 0 Å². The number of nitrogens with zero attached hydrogens (tertiary/aromatic N) is 1. The summed E-state index contributed by atoms with van der Waals surface area (Å²) >= 11 is 0. The van der Waals surface area contributed by atoms with Crippen LogP contribution in [0.2, 0.25) is 0 Å². The second kappa shape index (κ2) is 8.11. The van der Waals surface area contributed by atoms with Gasteiger partial charge in [0.25, 0.3) is 0 Å². The number of fused-ring (bicyclic) bond motifs is 1. The number of anilines is 1. The van der Waals surface area contributed by atoms with Gasteiger partial charge < -0.3 is 15.9 Å². The van der Waals surface area contributed by atoms with Gasteiger partial charge in [-0.25, -0.2) is 0 Å². The highest BCUT2D eigenvalue weighted by atomic mass is 16.3. The number of ketones is 1. The Bertz CT molecular complexity index is 1330. The van der Waals surface area contributed by atoms with E-state index in [0.29, 0.717) is 29.2 Å². The van der Waals surface area contributed by atoms with E-state index in [1.54, 1.807) is 0 Å². The van der Waals surface area contributed by atoms with Crippen molar-refractivity contribution in [1.29, 1.82) is 0 Å². The van der Waals surface area contributed by atoms with Gasteiger partial charge in [-0.15, -0.1) is 0 Å². The van der Waals surface area contributed by atoms with Crippen LogP contribution >= 0.6 is 0 Å². The number of furan rings is 1. The van der Waals surface area contributed by atoms with Gasteiger partial charge in [0.05, 0.1) is 5.69 Å². The molecule has 4 rings (SSSR count). The van der Waals surface area contributed by atoms with Crippen molar-refractivity contribution in [2.45, 2.75) is 20.8 Å². The fraction of sp³-hybridized carbons (Fsp3) is 0.154. The van der Waals surface area contributed by atoms with E-state index in [-0.39, 0.29) is 11.5 Å². The number of aliphatic imine (C=N–C) groups is 1. The topological polar surface area (TPSA) is 94.6 Å². The van der Waals surface area contributed by atoms with Crippen LogP contribution in [0.4, 0.5) is 5.69 Å². The molecule has 0 aliphatic rings. The highest BCUT2D eigenvalue weighted by Gasteiger charge is 2.21. The Morgan fingerprint density at radius 2 is 1.77 bits per heavy atom. The molecule has 0 aliphatic carbocycles. The van der Waals surface area contributed by atoms with E-state index >= 15 is 0 Å². The zero-order valence-electron chi connectivity index (χ0n) is 17.9. The lowest BCUT2D eigenvalue weighted by atomic mass is 9.99. The van der Waals surface area contributed by atoms with Gasteiger partial charge in [-0.2, -0.15) is 0 Å². The largest absolute Gasteiger partial charge is 0.450 e. The SMILES string of the molecule is CCN=C(N)c1cccc(-c2ccc3c(N)c(C(=O)c4ccc(C)cc4C)oc3c2)c1. The first kappa shape index (κ1) is 20.4. The molecule has 4 aromatic rings. The summed E-state index contributed by atoms with van der Waals surface area (Å²) in [6.07, 6.45) is 0. The van der Waals surface area contributed by atoms with Crippen molar-refractivity contribution in [3.05, 3.63) is 88.7 Å². The van der Waals surface area contributed by atoms with Crippen LogP contribution in [0.3, 0.4) is 0 Å². The van der Waals surface area contributed by atoms with Crippen molar-refractivity contribution < 1.29 is 9.21 Å². The maximum Gasteiger partial charge on any atom is 0.230 e. The minimum absolute atomic E-state index is 0.173. The van der Waals surface area contributed by atoms with Gasteiger partial charge in [-0.05, 0) is 55.7 Å². The van der Waals surface area contributed by atoms with E-state index < -0.39 is 0 Å². The van der Waals surface area contributed by atoms with E-state index in [1.807, 2.05) is 81.4 Å². The lowest BCUT2D eigenvalue weighted by molar-refractivity contribution is 0.101. The van der Waals surface area contributed by atoms with Gasteiger partial charge >= 0.3 is 0 Å². The smallest absolute Gasteiger partial charge is 0.230 e. The molecule has 5 heteroatoms. The molecule has 1 aromatic heterocycles. The molecule has 0 unspecified atom stereocenters. The molecule has 0 saturated heterocycles. The maximum atomic E-state index is 13.1. The first-order valence-electron chi connectivity index (χ1n) is 10.2. The molecule has 0 saturated carbocycles. The summed E-state index contributed by atoms with van der Waals surface area (Å²) in [6.45, 7) is 6.49. The normalized spacial score (nSPS) is 11.8. The van der Waals surface area contributed by atoms with Crippen LogP contribution in [0, 0.1) is 13.8 Å². The zero-order valence-corrected chi connectivity index (χ0v) is 17.9. The highest BCUT2D eigenvalue weighted by molar-refractivity contribution is 6.15. The summed E-state index contributed by atoms with van der Waals surface area (Å²) in [4.78, 5) is 17.4. The molecule has 0 bridgehead atoms. The molecule has 156 valence electrons. The first-order valence-corrected chi connectivity index (χ1v) is 10.2. The summed E-state index contributed by atoms with van der Waals surface area (Å²) in [7, 11) is 0. The number of amidine groups is 1. The lowest BCUT2D eigenvalue weighted by Crippen LogP contribution is -2.13. The van der Waals surface area contributed by atoms with Crippen LogP contribution in [-0.4, -0.2) is 18.2 Å². The Balaban J connectivity index is 1.76. The molecular weight excluding hydrogens is 386 g/mol. The van der Waals surface area contributed by atoms with E-state index in [2.05, 4.69) is 4.99 Å². The van der Waals surface area contributed by atoms with Crippen LogP contribution in [0.25, 0.3) is 22.1 Å². The number of carbonyl (C=O) groups is 1. The van der Waals surface area contributed by atoms with Crippen molar-refractivity contribution in [1.82, 2.24) is 0 Å². The second-order valence-electron chi connectivity index (χ2n) is 7.64. The third-order valence-corrected chi connectivity index (χ3v) is 5.38. The number of rotatable bonds is 5. The molecule has 3 aromatic carbocycles. The molecular formula is C26H25N3O2. The number of benzene rings is 3. The quantitative estimate of drug-likeness (QED) is 0.266. The summed E-state index contributed by atoms with van der Waals surface area (Å²) in [5.74, 6) is 0.472. The fourth-order valence-corrected chi connectivity index (χ4v) is 3.78. The second-order valence-corrected chi connectivity index (χ2v) is 7.64. The minimum Gasteiger partial charge on any atom is -0.450 e. The average molecular weight is 412 g/mol. The Kier molecular flexibility index (Phi) is 5.34. The van der Waals surface area contributed by atoms with Crippen LogP contribution < -0.4 is 11.5 Å². The fourth-order valence-electron chi connectivity index (χ4n) is 3.78. The minimum atomic E-state index is -0.210. The van der Waals surface area contributed by atoms with Crippen molar-refractivity contribution in [3.63, 3.8) is 0 Å². The molecule has 5 nitrogen and oxygen atoms in total. The molecule has 0 aliphatic heterocycles. The molecule has 31 heavy (non-hydrogen) atoms. The zero-order chi connectivity index (χ0) is 22.1. The predicted molar refractivity (Wildman–Crippen MR) is 127 cm³/mol. The van der Waals surface area contributed by atoms with Gasteiger partial charge in [-0.1, -0.05) is 48.0 Å². The van der Waals surface area contributed by atoms with E-state index in [4.69, 9.17) is 15.9 Å². The summed E-state index contributed by atoms with van der Waals surface area (Å²) in [5.41, 5.74) is 18.7. The van der Waals surface area contributed by atoms with Gasteiger partial charge in [0.2, 0.25) is 5.78 Å². The first-order chi connectivity index (χ1) is 14.9.